The van der Waals surface area contributed by atoms with Gasteiger partial charge >= 0.3 is 0 Å². The van der Waals surface area contributed by atoms with Crippen molar-refractivity contribution in [1.29, 1.82) is 0 Å². The maximum atomic E-state index is 10.8. The highest BCUT2D eigenvalue weighted by molar-refractivity contribution is 5.46. The number of aliphatic hydroxyl groups is 1. The van der Waals surface area contributed by atoms with Gasteiger partial charge in [0.25, 0.3) is 0 Å². The van der Waals surface area contributed by atoms with Gasteiger partial charge in [0.1, 0.15) is 18.5 Å². The average molecular weight is 275 g/mol. The van der Waals surface area contributed by atoms with Gasteiger partial charge in [-0.05, 0) is 57.0 Å². The summed E-state index contributed by atoms with van der Waals surface area (Å²) in [5.74, 6) is 0.876. The molecule has 0 aromatic heterocycles. The highest BCUT2D eigenvalue weighted by Crippen LogP contribution is 2.37. The van der Waals surface area contributed by atoms with Crippen LogP contribution in [0.5, 0.6) is 5.75 Å². The van der Waals surface area contributed by atoms with E-state index in [1.54, 1.807) is 0 Å². The van der Waals surface area contributed by atoms with Crippen LogP contribution >= 0.6 is 0 Å². The SMILES string of the molecule is Cc1cc(C)c2c(c1)OCC(N1CCCCCC1)C2O. The van der Waals surface area contributed by atoms with Crippen LogP contribution in [-0.2, 0) is 0 Å². The van der Waals surface area contributed by atoms with Crippen molar-refractivity contribution in [3.05, 3.63) is 28.8 Å². The molecule has 1 saturated heterocycles. The summed E-state index contributed by atoms with van der Waals surface area (Å²) in [7, 11) is 0. The zero-order chi connectivity index (χ0) is 14.1. The minimum Gasteiger partial charge on any atom is -0.491 e. The number of likely N-dealkylation sites (tertiary alicyclic amines) is 1. The smallest absolute Gasteiger partial charge is 0.125 e. The number of hydrogen-bond donors (Lipinski definition) is 1. The van der Waals surface area contributed by atoms with Crippen LogP contribution in [0.25, 0.3) is 0 Å². The largest absolute Gasteiger partial charge is 0.491 e. The summed E-state index contributed by atoms with van der Waals surface area (Å²) in [6, 6.07) is 4.29. The Labute approximate surface area is 121 Å². The minimum absolute atomic E-state index is 0.113. The Morgan fingerprint density at radius 2 is 1.80 bits per heavy atom. The maximum absolute atomic E-state index is 10.8. The van der Waals surface area contributed by atoms with E-state index in [9.17, 15) is 5.11 Å². The lowest BCUT2D eigenvalue weighted by molar-refractivity contribution is 0.00439. The first-order valence-electron chi connectivity index (χ1n) is 7.83. The Bertz CT molecular complexity index is 478. The topological polar surface area (TPSA) is 32.7 Å². The third-order valence-corrected chi connectivity index (χ3v) is 4.67. The van der Waals surface area contributed by atoms with Gasteiger partial charge in [0.2, 0.25) is 0 Å². The quantitative estimate of drug-likeness (QED) is 0.855. The third-order valence-electron chi connectivity index (χ3n) is 4.67. The molecule has 3 rings (SSSR count). The molecular formula is C17H25NO2. The van der Waals surface area contributed by atoms with Crippen LogP contribution in [0.3, 0.4) is 0 Å². The first kappa shape index (κ1) is 13.9. The molecule has 1 fully saturated rings. The fourth-order valence-electron chi connectivity index (χ4n) is 3.63. The van der Waals surface area contributed by atoms with Crippen molar-refractivity contribution < 1.29 is 9.84 Å². The van der Waals surface area contributed by atoms with Crippen LogP contribution < -0.4 is 4.74 Å². The molecule has 2 aliphatic heterocycles. The van der Waals surface area contributed by atoms with Crippen molar-refractivity contribution in [2.45, 2.75) is 51.7 Å². The number of nitrogens with zero attached hydrogens (tertiary/aromatic N) is 1. The number of benzene rings is 1. The van der Waals surface area contributed by atoms with Crippen LogP contribution in [0, 0.1) is 13.8 Å². The van der Waals surface area contributed by atoms with E-state index in [1.165, 1.54) is 31.2 Å². The van der Waals surface area contributed by atoms with Gasteiger partial charge in [0.05, 0.1) is 6.04 Å². The van der Waals surface area contributed by atoms with Crippen molar-refractivity contribution in [2.75, 3.05) is 19.7 Å². The summed E-state index contributed by atoms with van der Waals surface area (Å²) in [6.07, 6.45) is 4.69. The van der Waals surface area contributed by atoms with E-state index in [0.717, 1.165) is 30.0 Å². The van der Waals surface area contributed by atoms with E-state index in [-0.39, 0.29) is 6.04 Å². The van der Waals surface area contributed by atoms with E-state index < -0.39 is 6.10 Å². The summed E-state index contributed by atoms with van der Waals surface area (Å²) in [4.78, 5) is 2.43. The van der Waals surface area contributed by atoms with Crippen LogP contribution in [0.2, 0.25) is 0 Å². The Morgan fingerprint density at radius 3 is 2.50 bits per heavy atom. The molecule has 110 valence electrons. The van der Waals surface area contributed by atoms with Crippen molar-refractivity contribution >= 4 is 0 Å². The van der Waals surface area contributed by atoms with Gasteiger partial charge in [0.15, 0.2) is 0 Å². The van der Waals surface area contributed by atoms with Crippen LogP contribution in [0.15, 0.2) is 12.1 Å². The zero-order valence-corrected chi connectivity index (χ0v) is 12.6. The molecule has 2 unspecified atom stereocenters. The molecule has 0 bridgehead atoms. The van der Waals surface area contributed by atoms with E-state index in [0.29, 0.717) is 6.61 Å². The van der Waals surface area contributed by atoms with Gasteiger partial charge in [-0.3, -0.25) is 4.90 Å². The molecule has 3 heteroatoms. The van der Waals surface area contributed by atoms with Gasteiger partial charge in [0, 0.05) is 5.56 Å². The molecule has 2 aliphatic rings. The van der Waals surface area contributed by atoms with E-state index in [1.807, 2.05) is 6.07 Å². The predicted octanol–water partition coefficient (Wildman–Crippen LogP) is 2.97. The predicted molar refractivity (Wildman–Crippen MR) is 80.2 cm³/mol. The van der Waals surface area contributed by atoms with Gasteiger partial charge in [-0.25, -0.2) is 0 Å². The monoisotopic (exact) mass is 275 g/mol. The molecular weight excluding hydrogens is 250 g/mol. The molecule has 0 aliphatic carbocycles. The fourth-order valence-corrected chi connectivity index (χ4v) is 3.63. The van der Waals surface area contributed by atoms with Crippen molar-refractivity contribution in [2.24, 2.45) is 0 Å². The van der Waals surface area contributed by atoms with Crippen LogP contribution in [-0.4, -0.2) is 35.7 Å². The fraction of sp³-hybridized carbons (Fsp3) is 0.647. The molecule has 0 radical (unpaired) electrons. The lowest BCUT2D eigenvalue weighted by Gasteiger charge is -2.38. The van der Waals surface area contributed by atoms with E-state index >= 15 is 0 Å². The van der Waals surface area contributed by atoms with Crippen LogP contribution in [0.4, 0.5) is 0 Å². The summed E-state index contributed by atoms with van der Waals surface area (Å²) in [6.45, 7) is 6.93. The maximum Gasteiger partial charge on any atom is 0.125 e. The number of rotatable bonds is 1. The lowest BCUT2D eigenvalue weighted by atomic mass is 9.92. The number of aryl methyl sites for hydroxylation is 2. The summed E-state index contributed by atoms with van der Waals surface area (Å²) in [5.41, 5.74) is 3.34. The molecule has 20 heavy (non-hydrogen) atoms. The Morgan fingerprint density at radius 1 is 1.10 bits per heavy atom. The van der Waals surface area contributed by atoms with Gasteiger partial charge in [-0.1, -0.05) is 18.9 Å². The van der Waals surface area contributed by atoms with E-state index in [2.05, 4.69) is 24.8 Å². The van der Waals surface area contributed by atoms with Crippen LogP contribution in [0.1, 0.15) is 48.5 Å². The highest BCUT2D eigenvalue weighted by atomic mass is 16.5. The molecule has 3 nitrogen and oxygen atoms in total. The van der Waals surface area contributed by atoms with Gasteiger partial charge < -0.3 is 9.84 Å². The second kappa shape index (κ2) is 5.74. The molecule has 0 amide bonds. The molecule has 1 N–H and O–H groups in total. The molecule has 1 aromatic rings. The average Bonchev–Trinajstić information content (AvgIpc) is 2.67. The Hall–Kier alpha value is -1.06. The number of aliphatic hydroxyl groups excluding tert-OH is 1. The normalized spacial score (nSPS) is 27.6. The summed E-state index contributed by atoms with van der Waals surface area (Å²) < 4.78 is 5.96. The summed E-state index contributed by atoms with van der Waals surface area (Å²) >= 11 is 0. The molecule has 0 saturated carbocycles. The Balaban J connectivity index is 1.86. The number of fused-ring (bicyclic) bond motifs is 1. The molecule has 2 heterocycles. The first-order chi connectivity index (χ1) is 9.66. The van der Waals surface area contributed by atoms with Crippen molar-refractivity contribution in [3.8, 4) is 5.75 Å². The third kappa shape index (κ3) is 2.57. The molecule has 2 atom stereocenters. The Kier molecular flexibility index (Phi) is 3.99. The highest BCUT2D eigenvalue weighted by Gasteiger charge is 2.34. The van der Waals surface area contributed by atoms with Crippen molar-refractivity contribution in [1.82, 2.24) is 4.90 Å². The number of hydrogen-bond acceptors (Lipinski definition) is 3. The second-order valence-electron chi connectivity index (χ2n) is 6.27. The minimum atomic E-state index is -0.419. The molecule has 0 spiro atoms. The zero-order valence-electron chi connectivity index (χ0n) is 12.6. The standard InChI is InChI=1S/C17H25NO2/c1-12-9-13(2)16-15(10-12)20-11-14(17(16)19)18-7-5-3-4-6-8-18/h9-10,14,17,19H,3-8,11H2,1-2H3. The number of ether oxygens (including phenoxy) is 1. The van der Waals surface area contributed by atoms with Gasteiger partial charge in [-0.15, -0.1) is 0 Å². The van der Waals surface area contributed by atoms with Gasteiger partial charge in [-0.2, -0.15) is 0 Å². The summed E-state index contributed by atoms with van der Waals surface area (Å²) in [5, 5.41) is 10.8. The van der Waals surface area contributed by atoms with E-state index in [4.69, 9.17) is 4.74 Å². The van der Waals surface area contributed by atoms with Crippen molar-refractivity contribution in [3.63, 3.8) is 0 Å². The lowest BCUT2D eigenvalue weighted by Crippen LogP contribution is -2.46. The molecule has 1 aromatic carbocycles. The first-order valence-corrected chi connectivity index (χ1v) is 7.83. The second-order valence-corrected chi connectivity index (χ2v) is 6.27.